The molecule has 0 saturated heterocycles. The molecule has 1 fully saturated rings. The van der Waals surface area contributed by atoms with Crippen LogP contribution in [0.4, 0.5) is 0 Å². The Labute approximate surface area is 60.9 Å². The van der Waals surface area contributed by atoms with Gasteiger partial charge in [0.05, 0.1) is 12.5 Å². The number of terminal acetylenes is 1. The highest BCUT2D eigenvalue weighted by Crippen LogP contribution is 2.29. The molecule has 2 nitrogen and oxygen atoms in total. The third-order valence-corrected chi connectivity index (χ3v) is 1.96. The van der Waals surface area contributed by atoms with Crippen molar-refractivity contribution in [2.24, 2.45) is 11.0 Å². The Morgan fingerprint density at radius 1 is 1.60 bits per heavy atom. The molecule has 1 unspecified atom stereocenters. The lowest BCUT2D eigenvalue weighted by atomic mass is 10.2. The van der Waals surface area contributed by atoms with E-state index in [2.05, 4.69) is 16.0 Å². The first-order valence-corrected chi connectivity index (χ1v) is 3.67. The molecule has 0 aromatic heterocycles. The molecule has 2 aliphatic rings. The lowest BCUT2D eigenvalue weighted by Gasteiger charge is -2.11. The van der Waals surface area contributed by atoms with Crippen molar-refractivity contribution in [3.8, 4) is 12.3 Å². The molecular formula is C8H10N2. The van der Waals surface area contributed by atoms with Gasteiger partial charge in [0.2, 0.25) is 0 Å². The third-order valence-electron chi connectivity index (χ3n) is 1.96. The summed E-state index contributed by atoms with van der Waals surface area (Å²) in [5.74, 6) is 2.95. The highest BCUT2D eigenvalue weighted by Gasteiger charge is 2.31. The third kappa shape index (κ3) is 0.881. The maximum absolute atomic E-state index is 5.25. The zero-order chi connectivity index (χ0) is 6.97. The quantitative estimate of drug-likeness (QED) is 0.482. The second kappa shape index (κ2) is 2.02. The van der Waals surface area contributed by atoms with Crippen molar-refractivity contribution in [3.63, 3.8) is 0 Å². The second-order valence-corrected chi connectivity index (χ2v) is 2.89. The van der Waals surface area contributed by atoms with Crippen LogP contribution in [0.3, 0.4) is 0 Å². The van der Waals surface area contributed by atoms with Gasteiger partial charge in [0, 0.05) is 12.3 Å². The van der Waals surface area contributed by atoms with Crippen molar-refractivity contribution in [2.75, 3.05) is 6.54 Å². The summed E-state index contributed by atoms with van der Waals surface area (Å²) < 4.78 is 0. The standard InChI is InChI=1S/C8H10N2/c1-2-7-5-9-10(6-7)8-3-4-8/h1,5,7-8H,3-4,6H2. The van der Waals surface area contributed by atoms with Gasteiger partial charge in [-0.25, -0.2) is 0 Å². The summed E-state index contributed by atoms with van der Waals surface area (Å²) in [5.41, 5.74) is 0. The zero-order valence-corrected chi connectivity index (χ0v) is 5.83. The van der Waals surface area contributed by atoms with Crippen LogP contribution in [0, 0.1) is 18.3 Å². The fourth-order valence-electron chi connectivity index (χ4n) is 1.17. The van der Waals surface area contributed by atoms with Crippen molar-refractivity contribution in [1.82, 2.24) is 5.01 Å². The summed E-state index contributed by atoms with van der Waals surface area (Å²) >= 11 is 0. The summed E-state index contributed by atoms with van der Waals surface area (Å²) in [5, 5.41) is 6.33. The molecule has 0 aromatic carbocycles. The van der Waals surface area contributed by atoms with Gasteiger partial charge >= 0.3 is 0 Å². The van der Waals surface area contributed by atoms with Gasteiger partial charge in [0.1, 0.15) is 0 Å². The average molecular weight is 134 g/mol. The normalized spacial score (nSPS) is 30.7. The Balaban J connectivity index is 1.95. The second-order valence-electron chi connectivity index (χ2n) is 2.89. The van der Waals surface area contributed by atoms with Gasteiger partial charge in [0.15, 0.2) is 0 Å². The van der Waals surface area contributed by atoms with E-state index in [0.29, 0.717) is 0 Å². The predicted molar refractivity (Wildman–Crippen MR) is 40.5 cm³/mol. The van der Waals surface area contributed by atoms with Gasteiger partial charge in [-0.15, -0.1) is 6.42 Å². The van der Waals surface area contributed by atoms with E-state index in [-0.39, 0.29) is 5.92 Å². The van der Waals surface area contributed by atoms with E-state index >= 15 is 0 Å². The van der Waals surface area contributed by atoms with Crippen LogP contribution in [0.15, 0.2) is 5.10 Å². The molecule has 52 valence electrons. The van der Waals surface area contributed by atoms with E-state index in [1.807, 2.05) is 6.21 Å². The molecule has 10 heavy (non-hydrogen) atoms. The van der Waals surface area contributed by atoms with Crippen molar-refractivity contribution in [1.29, 1.82) is 0 Å². The molecule has 2 heteroatoms. The monoisotopic (exact) mass is 134 g/mol. The van der Waals surface area contributed by atoms with E-state index in [0.717, 1.165) is 12.6 Å². The highest BCUT2D eigenvalue weighted by atomic mass is 15.5. The van der Waals surface area contributed by atoms with Gasteiger partial charge in [-0.3, -0.25) is 5.01 Å². The molecule has 2 rings (SSSR count). The van der Waals surface area contributed by atoms with Crippen molar-refractivity contribution < 1.29 is 0 Å². The Morgan fingerprint density at radius 2 is 2.40 bits per heavy atom. The first-order chi connectivity index (χ1) is 4.90. The van der Waals surface area contributed by atoms with E-state index < -0.39 is 0 Å². The van der Waals surface area contributed by atoms with Gasteiger partial charge in [-0.2, -0.15) is 5.10 Å². The van der Waals surface area contributed by atoms with Crippen LogP contribution < -0.4 is 0 Å². The van der Waals surface area contributed by atoms with Crippen LogP contribution in [-0.4, -0.2) is 23.8 Å². The van der Waals surface area contributed by atoms with Crippen molar-refractivity contribution in [2.45, 2.75) is 18.9 Å². The van der Waals surface area contributed by atoms with E-state index in [4.69, 9.17) is 6.42 Å². The van der Waals surface area contributed by atoms with Crippen LogP contribution in [0.2, 0.25) is 0 Å². The fraction of sp³-hybridized carbons (Fsp3) is 0.625. The van der Waals surface area contributed by atoms with Gasteiger partial charge in [-0.1, -0.05) is 5.92 Å². The molecule has 1 aliphatic heterocycles. The minimum Gasteiger partial charge on any atom is -0.293 e. The van der Waals surface area contributed by atoms with Gasteiger partial charge in [-0.05, 0) is 12.8 Å². The first kappa shape index (κ1) is 5.79. The van der Waals surface area contributed by atoms with Crippen molar-refractivity contribution in [3.05, 3.63) is 0 Å². The van der Waals surface area contributed by atoms with E-state index in [1.165, 1.54) is 12.8 Å². The Hall–Kier alpha value is -0.970. The summed E-state index contributed by atoms with van der Waals surface area (Å²) in [7, 11) is 0. The molecule has 0 radical (unpaired) electrons. The topological polar surface area (TPSA) is 15.6 Å². The minimum atomic E-state index is 0.264. The minimum absolute atomic E-state index is 0.264. The molecule has 0 N–H and O–H groups in total. The van der Waals surface area contributed by atoms with Crippen molar-refractivity contribution >= 4 is 6.21 Å². The number of rotatable bonds is 1. The summed E-state index contributed by atoms with van der Waals surface area (Å²) in [6.45, 7) is 0.946. The van der Waals surface area contributed by atoms with Crippen LogP contribution in [-0.2, 0) is 0 Å². The zero-order valence-electron chi connectivity index (χ0n) is 5.83. The number of nitrogens with zero attached hydrogens (tertiary/aromatic N) is 2. The number of hydrazone groups is 1. The first-order valence-electron chi connectivity index (χ1n) is 3.67. The summed E-state index contributed by atoms with van der Waals surface area (Å²) in [4.78, 5) is 0. The van der Waals surface area contributed by atoms with Crippen LogP contribution in [0.5, 0.6) is 0 Å². The highest BCUT2D eigenvalue weighted by molar-refractivity contribution is 5.66. The molecule has 1 aliphatic carbocycles. The molecule has 0 spiro atoms. The lowest BCUT2D eigenvalue weighted by Crippen LogP contribution is -2.19. The molecule has 0 aromatic rings. The average Bonchev–Trinajstić information content (AvgIpc) is 2.70. The van der Waals surface area contributed by atoms with Gasteiger partial charge < -0.3 is 0 Å². The fourth-order valence-corrected chi connectivity index (χ4v) is 1.17. The Morgan fingerprint density at radius 3 is 2.90 bits per heavy atom. The Kier molecular flexibility index (Phi) is 1.17. The van der Waals surface area contributed by atoms with Crippen LogP contribution in [0.25, 0.3) is 0 Å². The van der Waals surface area contributed by atoms with Crippen LogP contribution in [0.1, 0.15) is 12.8 Å². The molecule has 1 saturated carbocycles. The van der Waals surface area contributed by atoms with E-state index in [9.17, 15) is 0 Å². The maximum atomic E-state index is 5.25. The summed E-state index contributed by atoms with van der Waals surface area (Å²) in [6, 6.07) is 0.717. The summed E-state index contributed by atoms with van der Waals surface area (Å²) in [6.07, 6.45) is 9.72. The number of hydrogen-bond acceptors (Lipinski definition) is 2. The van der Waals surface area contributed by atoms with Crippen LogP contribution >= 0.6 is 0 Å². The lowest BCUT2D eigenvalue weighted by molar-refractivity contribution is 0.297. The SMILES string of the molecule is C#CC1C=NN(C2CC2)C1. The van der Waals surface area contributed by atoms with E-state index in [1.54, 1.807) is 0 Å². The number of hydrogen-bond donors (Lipinski definition) is 0. The molecule has 0 amide bonds. The molecule has 1 atom stereocenters. The molecular weight excluding hydrogens is 124 g/mol. The largest absolute Gasteiger partial charge is 0.293 e. The predicted octanol–water partition coefficient (Wildman–Crippen LogP) is 0.700. The Bertz CT molecular complexity index is 198. The smallest absolute Gasteiger partial charge is 0.0762 e. The molecule has 0 bridgehead atoms. The molecule has 1 heterocycles. The van der Waals surface area contributed by atoms with Gasteiger partial charge in [0.25, 0.3) is 0 Å². The maximum Gasteiger partial charge on any atom is 0.0762 e.